The van der Waals surface area contributed by atoms with Crippen molar-refractivity contribution in [2.24, 2.45) is 5.41 Å². The van der Waals surface area contributed by atoms with E-state index < -0.39 is 23.4 Å². The number of anilines is 1. The summed E-state index contributed by atoms with van der Waals surface area (Å²) in [6, 6.07) is 1.78. The Morgan fingerprint density at radius 2 is 1.83 bits per heavy atom. The zero-order chi connectivity index (χ0) is 26.5. The van der Waals surface area contributed by atoms with Gasteiger partial charge in [-0.3, -0.25) is 4.79 Å². The van der Waals surface area contributed by atoms with E-state index in [1.165, 1.54) is 17.2 Å². The van der Waals surface area contributed by atoms with Gasteiger partial charge in [-0.2, -0.15) is 0 Å². The van der Waals surface area contributed by atoms with Crippen molar-refractivity contribution in [2.75, 3.05) is 5.32 Å². The summed E-state index contributed by atoms with van der Waals surface area (Å²) in [5, 5.41) is 2.33. The lowest BCUT2D eigenvalue weighted by Gasteiger charge is -2.37. The van der Waals surface area contributed by atoms with Gasteiger partial charge in [0.25, 0.3) is 0 Å². The number of amides is 1. The number of allylic oxidation sites excluding steroid dienone is 9. The normalized spacial score (nSPS) is 18.9. The summed E-state index contributed by atoms with van der Waals surface area (Å²) < 4.78 is 41.8. The number of benzene rings is 1. The van der Waals surface area contributed by atoms with E-state index in [1.54, 1.807) is 13.0 Å². The lowest BCUT2D eigenvalue weighted by Crippen LogP contribution is -2.25. The number of carbonyl (C=O) groups excluding carboxylic acids is 1. The fourth-order valence-corrected chi connectivity index (χ4v) is 4.43. The van der Waals surface area contributed by atoms with Crippen LogP contribution in [0.4, 0.5) is 18.9 Å². The minimum atomic E-state index is -1.57. The summed E-state index contributed by atoms with van der Waals surface area (Å²) in [6.07, 6.45) is 19.0. The van der Waals surface area contributed by atoms with E-state index in [2.05, 4.69) is 47.8 Å². The monoisotopic (exact) mass is 495 g/mol. The third kappa shape index (κ3) is 6.74. The molecule has 1 N–H and O–H groups in total. The van der Waals surface area contributed by atoms with Gasteiger partial charge in [0.15, 0.2) is 17.5 Å². The largest absolute Gasteiger partial charge is 0.330 e. The highest BCUT2D eigenvalue weighted by molar-refractivity contribution is 5.99. The highest BCUT2D eigenvalue weighted by Gasteiger charge is 2.32. The first kappa shape index (κ1) is 27.0. The molecule has 4 nitrogen and oxygen atoms in total. The van der Waals surface area contributed by atoms with Crippen LogP contribution in [-0.2, 0) is 4.79 Å². The van der Waals surface area contributed by atoms with Crippen molar-refractivity contribution in [2.45, 2.75) is 53.5 Å². The van der Waals surface area contributed by atoms with E-state index >= 15 is 0 Å². The van der Waals surface area contributed by atoms with Gasteiger partial charge in [0.05, 0.1) is 12.4 Å². The minimum absolute atomic E-state index is 0.0802. The molecule has 36 heavy (non-hydrogen) atoms. The van der Waals surface area contributed by atoms with Gasteiger partial charge in [-0.15, -0.1) is 0 Å². The predicted molar refractivity (Wildman–Crippen MR) is 138 cm³/mol. The molecule has 1 atom stereocenters. The molecule has 1 aliphatic carbocycles. The van der Waals surface area contributed by atoms with Gasteiger partial charge in [0.1, 0.15) is 0 Å². The summed E-state index contributed by atoms with van der Waals surface area (Å²) in [5.74, 6) is -4.87. The number of carbonyl (C=O) groups is 1. The molecule has 0 saturated heterocycles. The number of imidazole rings is 1. The molecule has 0 bridgehead atoms. The van der Waals surface area contributed by atoms with Gasteiger partial charge in [0, 0.05) is 36.3 Å². The number of halogens is 3. The Kier molecular flexibility index (Phi) is 8.56. The maximum Gasteiger partial charge on any atom is 0.248 e. The maximum absolute atomic E-state index is 13.3. The van der Waals surface area contributed by atoms with Crippen LogP contribution < -0.4 is 5.32 Å². The predicted octanol–water partition coefficient (Wildman–Crippen LogP) is 7.62. The van der Waals surface area contributed by atoms with Gasteiger partial charge >= 0.3 is 0 Å². The Morgan fingerprint density at radius 1 is 1.14 bits per heavy atom. The van der Waals surface area contributed by atoms with Crippen LogP contribution in [0.3, 0.4) is 0 Å². The number of hydrogen-bond donors (Lipinski definition) is 1. The van der Waals surface area contributed by atoms with Crippen molar-refractivity contribution in [3.05, 3.63) is 107 Å². The summed E-state index contributed by atoms with van der Waals surface area (Å²) in [7, 11) is 0. The van der Waals surface area contributed by atoms with E-state index in [9.17, 15) is 18.0 Å². The fraction of sp³-hybridized carbons (Fsp3) is 0.310. The Balaban J connectivity index is 1.66. The number of hydrogen-bond acceptors (Lipinski definition) is 2. The molecule has 0 saturated carbocycles. The van der Waals surface area contributed by atoms with E-state index in [1.807, 2.05) is 37.8 Å². The fourth-order valence-electron chi connectivity index (χ4n) is 4.43. The molecule has 1 amide bonds. The van der Waals surface area contributed by atoms with Gasteiger partial charge in [0.2, 0.25) is 5.91 Å². The van der Waals surface area contributed by atoms with E-state index in [-0.39, 0.29) is 11.1 Å². The molecule has 3 rings (SSSR count). The topological polar surface area (TPSA) is 46.9 Å². The van der Waals surface area contributed by atoms with Crippen molar-refractivity contribution in [1.29, 1.82) is 0 Å². The lowest BCUT2D eigenvalue weighted by atomic mass is 9.71. The first-order valence-corrected chi connectivity index (χ1v) is 11.8. The second-order valence-electron chi connectivity index (χ2n) is 9.78. The van der Waals surface area contributed by atoms with Crippen molar-refractivity contribution in [3.63, 3.8) is 0 Å². The first-order valence-electron chi connectivity index (χ1n) is 11.8. The Bertz CT molecular complexity index is 1240. The van der Waals surface area contributed by atoms with Crippen molar-refractivity contribution in [1.82, 2.24) is 9.55 Å². The summed E-state index contributed by atoms with van der Waals surface area (Å²) in [4.78, 5) is 16.3. The average Bonchev–Trinajstić information content (AvgIpc) is 3.31. The lowest BCUT2D eigenvalue weighted by molar-refractivity contribution is -0.111. The first-order chi connectivity index (χ1) is 17.0. The molecule has 0 spiro atoms. The van der Waals surface area contributed by atoms with Gasteiger partial charge in [-0.25, -0.2) is 18.2 Å². The van der Waals surface area contributed by atoms with E-state index in [0.717, 1.165) is 30.5 Å². The van der Waals surface area contributed by atoms with Crippen LogP contribution >= 0.6 is 0 Å². The molecule has 190 valence electrons. The highest BCUT2D eigenvalue weighted by Crippen LogP contribution is 2.45. The van der Waals surface area contributed by atoms with E-state index in [0.29, 0.717) is 11.6 Å². The summed E-state index contributed by atoms with van der Waals surface area (Å²) in [6.45, 7) is 10.5. The molecule has 7 heteroatoms. The third-order valence-corrected chi connectivity index (χ3v) is 6.42. The van der Waals surface area contributed by atoms with Gasteiger partial charge in [-0.1, -0.05) is 49.8 Å². The molecular weight excluding hydrogens is 463 g/mol. The van der Waals surface area contributed by atoms with Crippen molar-refractivity contribution < 1.29 is 18.0 Å². The Labute approximate surface area is 210 Å². The molecule has 0 radical (unpaired) electrons. The maximum atomic E-state index is 13.3. The standard InChI is InChI=1S/C29H32F3N3O/c1-19(9-10-23-21(3)26(11-12-29(23,4)5)35-14-13-33-18-35)7-6-8-20(2)15-27(36)34-22-16-24(30)28(32)25(31)17-22/h6-10,13-18,26H,11-12H2,1-5H3,(H,34,36). The summed E-state index contributed by atoms with van der Waals surface area (Å²) in [5.41, 5.74) is 4.27. The zero-order valence-electron chi connectivity index (χ0n) is 21.3. The van der Waals surface area contributed by atoms with Crippen LogP contribution in [0.2, 0.25) is 0 Å². The molecule has 1 aromatic carbocycles. The van der Waals surface area contributed by atoms with Gasteiger partial charge in [-0.05, 0) is 55.7 Å². The molecule has 1 unspecified atom stereocenters. The van der Waals surface area contributed by atoms with Crippen molar-refractivity contribution >= 4 is 11.6 Å². The smallest absolute Gasteiger partial charge is 0.248 e. The Morgan fingerprint density at radius 3 is 2.47 bits per heavy atom. The number of aromatic nitrogens is 2. The van der Waals surface area contributed by atoms with Crippen molar-refractivity contribution in [3.8, 4) is 0 Å². The summed E-state index contributed by atoms with van der Waals surface area (Å²) >= 11 is 0. The number of rotatable bonds is 7. The Hall–Kier alpha value is -3.61. The zero-order valence-corrected chi connectivity index (χ0v) is 21.3. The molecule has 0 fully saturated rings. The highest BCUT2D eigenvalue weighted by atomic mass is 19.2. The van der Waals surface area contributed by atoms with Gasteiger partial charge < -0.3 is 9.88 Å². The van der Waals surface area contributed by atoms with Crippen LogP contribution in [0.25, 0.3) is 0 Å². The van der Waals surface area contributed by atoms with Crippen LogP contribution in [0.15, 0.2) is 89.6 Å². The molecule has 0 aliphatic heterocycles. The van der Waals surface area contributed by atoms with Crippen LogP contribution in [0.1, 0.15) is 53.5 Å². The van der Waals surface area contributed by atoms with Crippen LogP contribution in [0, 0.1) is 22.9 Å². The quantitative estimate of drug-likeness (QED) is 0.244. The second kappa shape index (κ2) is 11.4. The molecular formula is C29H32F3N3O. The number of nitrogens with one attached hydrogen (secondary N) is 1. The third-order valence-electron chi connectivity index (χ3n) is 6.42. The SMILES string of the molecule is CC(C=CC1=C(C)C(n2ccnc2)CCC1(C)C)=CC=CC(C)=CC(=O)Nc1cc(F)c(F)c(F)c1. The number of nitrogens with zero attached hydrogens (tertiary/aromatic N) is 2. The molecule has 2 aromatic rings. The average molecular weight is 496 g/mol. The minimum Gasteiger partial charge on any atom is -0.330 e. The van der Waals surface area contributed by atoms with Crippen LogP contribution in [0.5, 0.6) is 0 Å². The molecule has 1 aromatic heterocycles. The van der Waals surface area contributed by atoms with E-state index in [4.69, 9.17) is 0 Å². The molecule has 1 heterocycles. The van der Waals surface area contributed by atoms with Crippen LogP contribution in [-0.4, -0.2) is 15.5 Å². The second-order valence-corrected chi connectivity index (χ2v) is 9.78. The molecule has 1 aliphatic rings.